The molecule has 80 heavy (non-hydrogen) atoms. The van der Waals surface area contributed by atoms with Gasteiger partial charge >= 0.3 is 0 Å². The largest absolute Gasteiger partial charge is 0.492 e. The molecule has 0 aliphatic carbocycles. The number of aliphatic hydroxyl groups is 2. The van der Waals surface area contributed by atoms with Gasteiger partial charge in [0.1, 0.15) is 34.2 Å². The van der Waals surface area contributed by atoms with Gasteiger partial charge in [-0.05, 0) is 121 Å². The van der Waals surface area contributed by atoms with Crippen molar-refractivity contribution in [2.24, 2.45) is 23.7 Å². The monoisotopic (exact) mass is 1080 g/mol. The van der Waals surface area contributed by atoms with Gasteiger partial charge in [-0.1, -0.05) is 216 Å². The lowest BCUT2D eigenvalue weighted by Gasteiger charge is -2.20. The highest BCUT2D eigenvalue weighted by Crippen LogP contribution is 2.39. The van der Waals surface area contributed by atoms with Crippen LogP contribution in [0.1, 0.15) is 219 Å². The first-order valence-corrected chi connectivity index (χ1v) is 30.7. The van der Waals surface area contributed by atoms with Crippen molar-refractivity contribution >= 4 is 32.3 Å². The standard InChI is InChI=1S/C74H94O6/c1-13-21-25-53(17-5)49-77-67-47-63(41-43-73(9,10)75)69(79-51-55(19-7)27-23-15-3)45-61(67)35-31-57-29-33-59-38-40-66-58(30-34-60-37-39-65(57)71(59)72(60)66)32-36-62-46-70(80-52-56(20-8)28-24-16-4)64(42-44-74(11,12)76)48-68(62)78-50-54(18-6)26-22-14-2/h29-30,33-34,37-40,45-48,53-56,75-76H,13-28,49-52H2,1-12H3. The second kappa shape index (κ2) is 31.1. The van der Waals surface area contributed by atoms with Crippen LogP contribution < -0.4 is 18.9 Å². The first-order chi connectivity index (χ1) is 38.5. The van der Waals surface area contributed by atoms with Gasteiger partial charge in [-0.25, -0.2) is 0 Å². The molecule has 0 saturated heterocycles. The number of ether oxygens (including phenoxy) is 4. The van der Waals surface area contributed by atoms with E-state index in [2.05, 4.69) is 151 Å². The second-order valence-electron chi connectivity index (χ2n) is 23.4. The molecular formula is C74H94O6. The molecular weight excluding hydrogens is 985 g/mol. The normalized spacial score (nSPS) is 13.0. The second-order valence-corrected chi connectivity index (χ2v) is 23.4. The molecule has 0 amide bonds. The Morgan fingerprint density at radius 3 is 0.887 bits per heavy atom. The van der Waals surface area contributed by atoms with Gasteiger partial charge in [0.2, 0.25) is 0 Å². The van der Waals surface area contributed by atoms with Gasteiger partial charge in [-0.2, -0.15) is 0 Å². The quantitative estimate of drug-likeness (QED) is 0.0377. The van der Waals surface area contributed by atoms with Crippen molar-refractivity contribution in [3.8, 4) is 70.4 Å². The molecule has 0 bridgehead atoms. The smallest absolute Gasteiger partial charge is 0.136 e. The Kier molecular flexibility index (Phi) is 24.4. The molecule has 0 fully saturated rings. The molecule has 426 valence electrons. The molecule has 0 heterocycles. The summed E-state index contributed by atoms with van der Waals surface area (Å²) in [6.07, 6.45) is 17.7. The van der Waals surface area contributed by atoms with E-state index in [1.165, 1.54) is 0 Å². The van der Waals surface area contributed by atoms with Crippen LogP contribution in [0, 0.1) is 71.0 Å². The lowest BCUT2D eigenvalue weighted by atomic mass is 9.90. The third-order valence-corrected chi connectivity index (χ3v) is 15.6. The Balaban J connectivity index is 1.49. The number of hydrogen-bond donors (Lipinski definition) is 2. The summed E-state index contributed by atoms with van der Waals surface area (Å²) in [7, 11) is 0. The predicted octanol–water partition coefficient (Wildman–Crippen LogP) is 18.0. The number of benzene rings is 6. The van der Waals surface area contributed by atoms with E-state index in [-0.39, 0.29) is 0 Å². The molecule has 6 aromatic carbocycles. The summed E-state index contributed by atoms with van der Waals surface area (Å²) in [6.45, 7) is 26.9. The molecule has 6 aromatic rings. The minimum absolute atomic E-state index is 0.411. The topological polar surface area (TPSA) is 77.4 Å². The minimum atomic E-state index is -1.18. The Labute approximate surface area is 482 Å². The fraction of sp³-hybridized carbons (Fsp3) is 0.514. The van der Waals surface area contributed by atoms with E-state index in [4.69, 9.17) is 18.9 Å². The van der Waals surface area contributed by atoms with Crippen molar-refractivity contribution in [2.75, 3.05) is 26.4 Å². The summed E-state index contributed by atoms with van der Waals surface area (Å²) in [6, 6.07) is 25.3. The molecule has 0 aliphatic heterocycles. The lowest BCUT2D eigenvalue weighted by molar-refractivity contribution is 0.143. The van der Waals surface area contributed by atoms with E-state index < -0.39 is 11.2 Å². The highest BCUT2D eigenvalue weighted by Gasteiger charge is 2.20. The van der Waals surface area contributed by atoms with E-state index >= 15 is 0 Å². The maximum Gasteiger partial charge on any atom is 0.136 e. The van der Waals surface area contributed by atoms with E-state index in [1.807, 2.05) is 24.3 Å². The molecule has 0 aliphatic rings. The summed E-state index contributed by atoms with van der Waals surface area (Å²) in [5.41, 5.74) is 2.30. The highest BCUT2D eigenvalue weighted by atomic mass is 16.5. The van der Waals surface area contributed by atoms with Gasteiger partial charge in [0.15, 0.2) is 0 Å². The van der Waals surface area contributed by atoms with Crippen LogP contribution >= 0.6 is 0 Å². The first kappa shape index (κ1) is 62.9. The summed E-state index contributed by atoms with van der Waals surface area (Å²) in [5, 5.41) is 28.1. The van der Waals surface area contributed by atoms with E-state index in [0.717, 1.165) is 157 Å². The Hall–Kier alpha value is -6.28. The van der Waals surface area contributed by atoms with Crippen molar-refractivity contribution in [3.05, 3.63) is 106 Å². The predicted molar refractivity (Wildman–Crippen MR) is 337 cm³/mol. The van der Waals surface area contributed by atoms with Crippen LogP contribution in [0.4, 0.5) is 0 Å². The first-order valence-electron chi connectivity index (χ1n) is 30.7. The van der Waals surface area contributed by atoms with Crippen molar-refractivity contribution in [1.29, 1.82) is 0 Å². The number of rotatable bonds is 28. The van der Waals surface area contributed by atoms with E-state index in [1.54, 1.807) is 27.7 Å². The zero-order chi connectivity index (χ0) is 57.7. The molecule has 0 radical (unpaired) electrons. The van der Waals surface area contributed by atoms with Gasteiger partial charge in [0, 0.05) is 35.4 Å². The van der Waals surface area contributed by atoms with Crippen LogP contribution in [0.5, 0.6) is 23.0 Å². The van der Waals surface area contributed by atoms with Crippen LogP contribution in [0.2, 0.25) is 0 Å². The van der Waals surface area contributed by atoms with Gasteiger partial charge in [-0.15, -0.1) is 0 Å². The summed E-state index contributed by atoms with van der Waals surface area (Å²) >= 11 is 0. The van der Waals surface area contributed by atoms with Gasteiger partial charge in [-0.3, -0.25) is 0 Å². The maximum absolute atomic E-state index is 10.7. The summed E-state index contributed by atoms with van der Waals surface area (Å²) < 4.78 is 26.8. The van der Waals surface area contributed by atoms with Crippen LogP contribution in [0.3, 0.4) is 0 Å². The number of hydrogen-bond acceptors (Lipinski definition) is 6. The molecule has 4 unspecified atom stereocenters. The summed E-state index contributed by atoms with van der Waals surface area (Å²) in [5.74, 6) is 31.3. The molecule has 2 N–H and O–H groups in total. The van der Waals surface area contributed by atoms with Crippen molar-refractivity contribution in [3.63, 3.8) is 0 Å². The molecule has 6 heteroatoms. The Morgan fingerprint density at radius 1 is 0.362 bits per heavy atom. The van der Waals surface area contributed by atoms with Crippen molar-refractivity contribution in [1.82, 2.24) is 0 Å². The van der Waals surface area contributed by atoms with E-state index in [9.17, 15) is 10.2 Å². The lowest BCUT2D eigenvalue weighted by Crippen LogP contribution is -2.15. The zero-order valence-corrected chi connectivity index (χ0v) is 50.9. The molecule has 6 rings (SSSR count). The zero-order valence-electron chi connectivity index (χ0n) is 50.9. The number of unbranched alkanes of at least 4 members (excludes halogenated alkanes) is 4. The van der Waals surface area contributed by atoms with Crippen LogP contribution in [-0.2, 0) is 0 Å². The van der Waals surface area contributed by atoms with E-state index in [0.29, 0.717) is 84.2 Å². The molecule has 6 nitrogen and oxygen atoms in total. The van der Waals surface area contributed by atoms with Crippen LogP contribution in [-0.4, -0.2) is 47.8 Å². The van der Waals surface area contributed by atoms with Crippen LogP contribution in [0.25, 0.3) is 32.3 Å². The summed E-state index contributed by atoms with van der Waals surface area (Å²) in [4.78, 5) is 0. The van der Waals surface area contributed by atoms with Gasteiger partial charge in [0.05, 0.1) is 48.7 Å². The average molecular weight is 1080 g/mol. The maximum atomic E-state index is 10.7. The Morgan fingerprint density at radius 2 is 0.625 bits per heavy atom. The highest BCUT2D eigenvalue weighted by molar-refractivity contribution is 6.24. The molecule has 0 saturated carbocycles. The molecule has 0 aromatic heterocycles. The van der Waals surface area contributed by atoms with Crippen LogP contribution in [0.15, 0.2) is 72.8 Å². The fourth-order valence-corrected chi connectivity index (χ4v) is 10.1. The SMILES string of the molecule is CCCCC(CC)COc1cc(C#CC(C)(C)O)c(OCC(CC)CCCC)cc1C#Cc1ccc2ccc3c(C#Cc4cc(OCC(CC)CCCC)c(C#CC(C)(C)O)cc4OCC(CC)CCCC)ccc4ccc1c2c43. The molecule has 0 spiro atoms. The van der Waals surface area contributed by atoms with Crippen molar-refractivity contribution < 1.29 is 29.2 Å². The third kappa shape index (κ3) is 18.4. The Bertz CT molecular complexity index is 2980. The minimum Gasteiger partial charge on any atom is -0.492 e. The molecule has 4 atom stereocenters. The van der Waals surface area contributed by atoms with Gasteiger partial charge in [0.25, 0.3) is 0 Å². The van der Waals surface area contributed by atoms with Crippen molar-refractivity contribution in [2.45, 2.75) is 197 Å². The van der Waals surface area contributed by atoms with Gasteiger partial charge < -0.3 is 29.2 Å². The fourth-order valence-electron chi connectivity index (χ4n) is 10.1. The average Bonchev–Trinajstić information content (AvgIpc) is 3.53. The third-order valence-electron chi connectivity index (χ3n) is 15.6.